The highest BCUT2D eigenvalue weighted by atomic mass is 32.1. The van der Waals surface area contributed by atoms with Gasteiger partial charge in [-0.3, -0.25) is 0 Å². The minimum absolute atomic E-state index is 0.314. The first-order valence-corrected chi connectivity index (χ1v) is 33.1. The van der Waals surface area contributed by atoms with E-state index in [0.29, 0.717) is 5.82 Å². The minimum Gasteiger partial charge on any atom is -0.455 e. The van der Waals surface area contributed by atoms with Gasteiger partial charge in [0.1, 0.15) is 11.2 Å². The van der Waals surface area contributed by atoms with Crippen molar-refractivity contribution >= 4 is 97.1 Å². The van der Waals surface area contributed by atoms with E-state index in [1.165, 1.54) is 64.2 Å². The fourth-order valence-corrected chi connectivity index (χ4v) is 17.1. The predicted octanol–water partition coefficient (Wildman–Crippen LogP) is 22.7. The lowest BCUT2D eigenvalue weighted by molar-refractivity contribution is 0.636. The van der Waals surface area contributed by atoms with E-state index >= 15 is 0 Å². The van der Waals surface area contributed by atoms with Gasteiger partial charge >= 0.3 is 0 Å². The smallest absolute Gasteiger partial charge is 0.160 e. The summed E-state index contributed by atoms with van der Waals surface area (Å²) in [6.07, 6.45) is 0. The Morgan fingerprint density at radius 3 is 1.45 bits per heavy atom. The lowest BCUT2D eigenvalue weighted by Gasteiger charge is -2.21. The van der Waals surface area contributed by atoms with Crippen molar-refractivity contribution in [2.24, 2.45) is 0 Å². The zero-order valence-electron chi connectivity index (χ0n) is 51.9. The second-order valence-electron chi connectivity index (χ2n) is 26.4. The van der Waals surface area contributed by atoms with Crippen molar-refractivity contribution < 1.29 is 4.42 Å². The molecule has 0 saturated heterocycles. The van der Waals surface area contributed by atoms with E-state index in [1.54, 1.807) is 0 Å². The van der Waals surface area contributed by atoms with Gasteiger partial charge in [-0.05, 0) is 101 Å². The van der Waals surface area contributed by atoms with E-state index in [0.717, 1.165) is 128 Å². The van der Waals surface area contributed by atoms with Crippen LogP contribution in [0.3, 0.4) is 0 Å². The van der Waals surface area contributed by atoms with Crippen LogP contribution in [0.25, 0.3) is 176 Å². The van der Waals surface area contributed by atoms with Gasteiger partial charge in [-0.25, -0.2) is 19.9 Å². The number of fused-ring (bicyclic) bond motifs is 18. The Labute approximate surface area is 545 Å². The Kier molecular flexibility index (Phi) is 11.0. The highest BCUT2D eigenvalue weighted by molar-refractivity contribution is 7.25. The van der Waals surface area contributed by atoms with Crippen molar-refractivity contribution in [3.63, 3.8) is 0 Å². The molecule has 6 heterocycles. The second-order valence-corrected chi connectivity index (χ2v) is 27.5. The molecule has 7 nitrogen and oxygen atoms in total. The number of hydrogen-bond donors (Lipinski definition) is 0. The molecule has 442 valence electrons. The zero-order chi connectivity index (χ0) is 62.3. The van der Waals surface area contributed by atoms with Crippen LogP contribution in [0.2, 0.25) is 0 Å². The van der Waals surface area contributed by atoms with Gasteiger partial charge in [-0.1, -0.05) is 222 Å². The molecule has 12 aromatic carbocycles. The summed E-state index contributed by atoms with van der Waals surface area (Å²) in [4.78, 5) is 22.1. The third kappa shape index (κ3) is 7.54. The van der Waals surface area contributed by atoms with Gasteiger partial charge in [0, 0.05) is 114 Å². The summed E-state index contributed by atoms with van der Waals surface area (Å²) in [7, 11) is 0. The molecule has 6 aromatic heterocycles. The average Bonchev–Trinajstić information content (AvgIpc) is 1.57. The maximum absolute atomic E-state index is 7.14. The molecular weight excluding hydrogens is 1170 g/mol. The van der Waals surface area contributed by atoms with Crippen LogP contribution in [0.1, 0.15) is 50.2 Å². The number of aromatic nitrogens is 6. The Hall–Kier alpha value is -11.6. The van der Waals surface area contributed by atoms with E-state index in [9.17, 15) is 0 Å². The third-order valence-electron chi connectivity index (χ3n) is 20.4. The molecule has 8 heteroatoms. The fraction of sp³-hybridized carbons (Fsp3) is 0.0698. The second kappa shape index (κ2) is 19.5. The average molecular weight is 1220 g/mol. The summed E-state index contributed by atoms with van der Waals surface area (Å²) >= 11 is 1.86. The summed E-state index contributed by atoms with van der Waals surface area (Å²) in [5.74, 6) is 1.40. The predicted molar refractivity (Wildman–Crippen MR) is 389 cm³/mol. The molecule has 0 atom stereocenters. The maximum Gasteiger partial charge on any atom is 0.160 e. The van der Waals surface area contributed by atoms with Crippen LogP contribution >= 0.6 is 11.3 Å². The summed E-state index contributed by atoms with van der Waals surface area (Å²) < 4.78 is 14.6. The van der Waals surface area contributed by atoms with Crippen molar-refractivity contribution in [1.82, 2.24) is 29.1 Å². The van der Waals surface area contributed by atoms with Crippen LogP contribution in [-0.4, -0.2) is 29.1 Å². The van der Waals surface area contributed by atoms with Gasteiger partial charge < -0.3 is 13.6 Å². The minimum atomic E-state index is -0.387. The first kappa shape index (κ1) is 53.1. The summed E-state index contributed by atoms with van der Waals surface area (Å²) in [5, 5.41) is 9.40. The molecule has 0 unspecified atom stereocenters. The molecule has 0 fully saturated rings. The van der Waals surface area contributed by atoms with Gasteiger partial charge in [0.05, 0.1) is 44.8 Å². The van der Waals surface area contributed by atoms with E-state index in [-0.39, 0.29) is 10.8 Å². The van der Waals surface area contributed by atoms with Gasteiger partial charge in [0.25, 0.3) is 0 Å². The zero-order valence-corrected chi connectivity index (χ0v) is 52.7. The summed E-state index contributed by atoms with van der Waals surface area (Å²) in [6.45, 7) is 9.18. The van der Waals surface area contributed by atoms with Crippen molar-refractivity contribution in [2.75, 3.05) is 0 Å². The molecular formula is C86H56N6OS. The number of furan rings is 1. The molecule has 0 saturated carbocycles. The van der Waals surface area contributed by atoms with Crippen LogP contribution in [0.4, 0.5) is 0 Å². The first-order chi connectivity index (χ1) is 46.1. The van der Waals surface area contributed by atoms with E-state index < -0.39 is 0 Å². The molecule has 0 radical (unpaired) electrons. The van der Waals surface area contributed by atoms with Crippen LogP contribution in [0.5, 0.6) is 0 Å². The van der Waals surface area contributed by atoms with Gasteiger partial charge in [0.2, 0.25) is 0 Å². The molecule has 0 bridgehead atoms. The number of rotatable bonds is 7. The van der Waals surface area contributed by atoms with Crippen LogP contribution in [-0.2, 0) is 10.8 Å². The van der Waals surface area contributed by atoms with Crippen LogP contribution in [0.15, 0.2) is 271 Å². The topological polar surface area (TPSA) is 74.6 Å². The van der Waals surface area contributed by atoms with E-state index in [1.807, 2.05) is 17.4 Å². The van der Waals surface area contributed by atoms with E-state index in [2.05, 4.69) is 298 Å². The third-order valence-corrected chi connectivity index (χ3v) is 21.6. The van der Waals surface area contributed by atoms with E-state index in [4.69, 9.17) is 24.4 Å². The molecule has 20 rings (SSSR count). The monoisotopic (exact) mass is 1220 g/mol. The molecule has 2 aliphatic carbocycles. The molecule has 0 N–H and O–H groups in total. The van der Waals surface area contributed by atoms with Crippen molar-refractivity contribution in [3.05, 3.63) is 289 Å². The molecule has 0 spiro atoms. The van der Waals surface area contributed by atoms with Crippen molar-refractivity contribution in [3.8, 4) is 90.0 Å². The van der Waals surface area contributed by atoms with Gasteiger partial charge in [-0.2, -0.15) is 0 Å². The standard InChI is InChI=1S/C86H56N6OS/c1-85(2)67-37-13-8-33-61(67)76-78(87-83(89-81(76)85)49-22-6-5-7-23-49)51-25-19-28-54(43-51)91-69-39-15-10-30-57(69)63-47-73-65(45-71(63)91)60-36-21-35-56(80(60)93-73)50-24-18-27-53(42-50)84-88-79(77-62-34-9-14-38-68(62)86(3,4)82(77)90-84)52-26-20-29-55(44-52)92-70-40-16-11-31-58(70)64-48-75-66(46-72(64)92)59-32-12-17-41-74(59)94-75/h5-48H,1-4H3. The molecule has 18 aromatic rings. The highest BCUT2D eigenvalue weighted by Gasteiger charge is 2.41. The Balaban J connectivity index is 0.722. The Morgan fingerprint density at radius 1 is 0.319 bits per heavy atom. The lowest BCUT2D eigenvalue weighted by atomic mass is 9.85. The van der Waals surface area contributed by atoms with Crippen molar-refractivity contribution in [1.29, 1.82) is 0 Å². The largest absolute Gasteiger partial charge is 0.455 e. The highest BCUT2D eigenvalue weighted by Crippen LogP contribution is 2.54. The SMILES string of the molecule is CC1(C)c2ccccc2-c2c(-c3cccc(-n4c5ccccc5c5cc6oc7c(-c8cccc(-c9nc(-c%10cccc(-n%11c%12ccccc%12c%12cc%13sc%14ccccc%14c%13cc%12%11)c%10)c%10c(n9)C(C)(C)c9ccccc9-%10)c8)cccc7c6cc54)c3)nc(-c3ccccc3)nc21. The number of benzene rings is 12. The summed E-state index contributed by atoms with van der Waals surface area (Å²) in [6, 6.07) is 96.7. The maximum atomic E-state index is 7.14. The van der Waals surface area contributed by atoms with Crippen LogP contribution < -0.4 is 0 Å². The molecule has 94 heavy (non-hydrogen) atoms. The van der Waals surface area contributed by atoms with Gasteiger partial charge in [-0.15, -0.1) is 11.3 Å². The number of thiophene rings is 1. The fourth-order valence-electron chi connectivity index (χ4n) is 16.0. The molecule has 0 amide bonds. The molecule has 2 aliphatic rings. The number of hydrogen-bond acceptors (Lipinski definition) is 6. The molecule has 0 aliphatic heterocycles. The number of nitrogens with zero attached hydrogens (tertiary/aromatic N) is 6. The number of para-hydroxylation sites is 3. The van der Waals surface area contributed by atoms with Crippen LogP contribution in [0, 0.1) is 0 Å². The van der Waals surface area contributed by atoms with Crippen molar-refractivity contribution in [2.45, 2.75) is 38.5 Å². The lowest BCUT2D eigenvalue weighted by Crippen LogP contribution is -2.17. The summed E-state index contributed by atoms with van der Waals surface area (Å²) in [5.41, 5.74) is 24.6. The first-order valence-electron chi connectivity index (χ1n) is 32.3. The Bertz CT molecular complexity index is 6320. The quantitative estimate of drug-likeness (QED) is 0.159. The normalized spacial score (nSPS) is 13.7. The van der Waals surface area contributed by atoms with Gasteiger partial charge in [0.15, 0.2) is 11.6 Å². The Morgan fingerprint density at radius 2 is 0.798 bits per heavy atom.